The van der Waals surface area contributed by atoms with E-state index < -0.39 is 16.1 Å². The number of hydrogen-bond donors (Lipinski definition) is 3. The van der Waals surface area contributed by atoms with E-state index in [-0.39, 0.29) is 10.9 Å². The lowest BCUT2D eigenvalue weighted by Gasteiger charge is -2.27. The maximum absolute atomic E-state index is 11.8. The number of H-pyrrole nitrogens is 1. The third-order valence-corrected chi connectivity index (χ3v) is 4.28. The Morgan fingerprint density at radius 1 is 1.44 bits per heavy atom. The van der Waals surface area contributed by atoms with Crippen LogP contribution in [0.2, 0.25) is 0 Å². The van der Waals surface area contributed by atoms with Gasteiger partial charge in [-0.1, -0.05) is 12.8 Å². The summed E-state index contributed by atoms with van der Waals surface area (Å²) < 4.78 is 26.2. The summed E-state index contributed by atoms with van der Waals surface area (Å²) in [5.41, 5.74) is 0. The lowest BCUT2D eigenvalue weighted by molar-refractivity contribution is 0.101. The number of aliphatic hydroxyl groups is 1. The summed E-state index contributed by atoms with van der Waals surface area (Å²) in [6, 6.07) is -0.381. The Balaban J connectivity index is 2.09. The molecule has 0 spiro atoms. The minimum atomic E-state index is -3.55. The van der Waals surface area contributed by atoms with E-state index in [2.05, 4.69) is 14.9 Å². The minimum Gasteiger partial charge on any atom is -0.391 e. The van der Waals surface area contributed by atoms with Gasteiger partial charge in [0.05, 0.1) is 12.3 Å². The summed E-state index contributed by atoms with van der Waals surface area (Å²) in [5.74, 6) is 0. The second-order valence-electron chi connectivity index (χ2n) is 4.01. The van der Waals surface area contributed by atoms with E-state index in [1.807, 2.05) is 0 Å². The van der Waals surface area contributed by atoms with Crippen molar-refractivity contribution in [3.05, 3.63) is 12.4 Å². The molecule has 1 fully saturated rings. The van der Waals surface area contributed by atoms with E-state index >= 15 is 0 Å². The van der Waals surface area contributed by atoms with Crippen LogP contribution < -0.4 is 4.72 Å². The highest BCUT2D eigenvalue weighted by atomic mass is 32.2. The van der Waals surface area contributed by atoms with Crippen molar-refractivity contribution in [2.24, 2.45) is 0 Å². The van der Waals surface area contributed by atoms with E-state index in [1.54, 1.807) is 0 Å². The SMILES string of the molecule is O=S(=O)(NC1CCCCC1O)c1cn[nH]c1. The fraction of sp³-hybridized carbons (Fsp3) is 0.667. The Morgan fingerprint density at radius 3 is 2.81 bits per heavy atom. The summed E-state index contributed by atoms with van der Waals surface area (Å²) in [6.07, 6.45) is 5.20. The van der Waals surface area contributed by atoms with Gasteiger partial charge in [0.25, 0.3) is 0 Å². The molecule has 1 heterocycles. The Labute approximate surface area is 94.1 Å². The van der Waals surface area contributed by atoms with Crippen molar-refractivity contribution in [2.45, 2.75) is 42.7 Å². The molecule has 1 aliphatic rings. The van der Waals surface area contributed by atoms with Gasteiger partial charge in [0.1, 0.15) is 4.90 Å². The molecule has 0 bridgehead atoms. The van der Waals surface area contributed by atoms with Gasteiger partial charge in [0, 0.05) is 12.2 Å². The predicted octanol–water partition coefficient (Wildman–Crippen LogP) is -0.00850. The monoisotopic (exact) mass is 245 g/mol. The molecule has 2 unspecified atom stereocenters. The number of nitrogens with zero attached hydrogens (tertiary/aromatic N) is 1. The van der Waals surface area contributed by atoms with Gasteiger partial charge in [-0.25, -0.2) is 13.1 Å². The summed E-state index contributed by atoms with van der Waals surface area (Å²) >= 11 is 0. The standard InChI is InChI=1S/C9H15N3O3S/c13-9-4-2-1-3-8(9)12-16(14,15)7-5-10-11-6-7/h5-6,8-9,12-13H,1-4H2,(H,10,11). The average molecular weight is 245 g/mol. The summed E-state index contributed by atoms with van der Waals surface area (Å²) in [7, 11) is -3.55. The molecule has 2 rings (SSSR count). The zero-order chi connectivity index (χ0) is 11.6. The first-order chi connectivity index (χ1) is 7.59. The van der Waals surface area contributed by atoms with E-state index in [1.165, 1.54) is 12.4 Å². The first kappa shape index (κ1) is 11.6. The Morgan fingerprint density at radius 2 is 2.19 bits per heavy atom. The lowest BCUT2D eigenvalue weighted by atomic mass is 9.93. The van der Waals surface area contributed by atoms with Crippen LogP contribution in [0.15, 0.2) is 17.3 Å². The summed E-state index contributed by atoms with van der Waals surface area (Å²) in [6.45, 7) is 0. The Kier molecular flexibility index (Phi) is 3.27. The highest BCUT2D eigenvalue weighted by Gasteiger charge is 2.28. The van der Waals surface area contributed by atoms with Crippen LogP contribution in [0.4, 0.5) is 0 Å². The predicted molar refractivity (Wildman–Crippen MR) is 57.2 cm³/mol. The fourth-order valence-electron chi connectivity index (χ4n) is 1.90. The third-order valence-electron chi connectivity index (χ3n) is 2.82. The van der Waals surface area contributed by atoms with Gasteiger partial charge in [0.2, 0.25) is 10.0 Å². The fourth-order valence-corrected chi connectivity index (χ4v) is 3.11. The van der Waals surface area contributed by atoms with E-state index in [0.717, 1.165) is 12.8 Å². The molecule has 7 heteroatoms. The third kappa shape index (κ3) is 2.42. The van der Waals surface area contributed by atoms with Crippen molar-refractivity contribution in [2.75, 3.05) is 0 Å². The van der Waals surface area contributed by atoms with Crippen LogP contribution >= 0.6 is 0 Å². The molecule has 0 saturated heterocycles. The zero-order valence-corrected chi connectivity index (χ0v) is 9.57. The van der Waals surface area contributed by atoms with Crippen molar-refractivity contribution < 1.29 is 13.5 Å². The van der Waals surface area contributed by atoms with Gasteiger partial charge < -0.3 is 5.11 Å². The molecule has 0 aromatic carbocycles. The van der Waals surface area contributed by atoms with Crippen LogP contribution in [0, 0.1) is 0 Å². The van der Waals surface area contributed by atoms with Crippen molar-refractivity contribution >= 4 is 10.0 Å². The van der Waals surface area contributed by atoms with Gasteiger partial charge in [0.15, 0.2) is 0 Å². The maximum Gasteiger partial charge on any atom is 0.244 e. The van der Waals surface area contributed by atoms with Crippen molar-refractivity contribution in [1.82, 2.24) is 14.9 Å². The number of hydrogen-bond acceptors (Lipinski definition) is 4. The molecule has 1 aromatic heterocycles. The summed E-state index contributed by atoms with van der Waals surface area (Å²) in [4.78, 5) is 0.102. The number of aromatic amines is 1. The van der Waals surface area contributed by atoms with Gasteiger partial charge in [-0.3, -0.25) is 5.10 Å². The molecule has 0 aliphatic heterocycles. The molecule has 1 saturated carbocycles. The van der Waals surface area contributed by atoms with Crippen molar-refractivity contribution in [1.29, 1.82) is 0 Å². The van der Waals surface area contributed by atoms with Gasteiger partial charge >= 0.3 is 0 Å². The Bertz CT molecular complexity index is 429. The largest absolute Gasteiger partial charge is 0.391 e. The maximum atomic E-state index is 11.8. The second kappa shape index (κ2) is 4.52. The first-order valence-electron chi connectivity index (χ1n) is 5.29. The zero-order valence-electron chi connectivity index (χ0n) is 8.76. The molecule has 2 atom stereocenters. The molecular weight excluding hydrogens is 230 g/mol. The molecular formula is C9H15N3O3S. The number of aliphatic hydroxyl groups excluding tert-OH is 1. The topological polar surface area (TPSA) is 95.1 Å². The lowest BCUT2D eigenvalue weighted by Crippen LogP contribution is -2.44. The van der Waals surface area contributed by atoms with Crippen LogP contribution in [0.1, 0.15) is 25.7 Å². The minimum absolute atomic E-state index is 0.102. The highest BCUT2D eigenvalue weighted by molar-refractivity contribution is 7.89. The highest BCUT2D eigenvalue weighted by Crippen LogP contribution is 2.20. The molecule has 6 nitrogen and oxygen atoms in total. The van der Waals surface area contributed by atoms with Gasteiger partial charge in [-0.05, 0) is 12.8 Å². The molecule has 0 amide bonds. The number of sulfonamides is 1. The smallest absolute Gasteiger partial charge is 0.244 e. The Hall–Kier alpha value is -0.920. The molecule has 3 N–H and O–H groups in total. The van der Waals surface area contributed by atoms with Crippen LogP contribution in [-0.4, -0.2) is 35.9 Å². The van der Waals surface area contributed by atoms with Crippen molar-refractivity contribution in [3.63, 3.8) is 0 Å². The van der Waals surface area contributed by atoms with Crippen LogP contribution in [0.25, 0.3) is 0 Å². The molecule has 1 aromatic rings. The quantitative estimate of drug-likeness (QED) is 0.698. The van der Waals surface area contributed by atoms with E-state index in [0.29, 0.717) is 12.8 Å². The average Bonchev–Trinajstić information content (AvgIpc) is 2.75. The first-order valence-corrected chi connectivity index (χ1v) is 6.77. The van der Waals surface area contributed by atoms with E-state index in [9.17, 15) is 13.5 Å². The van der Waals surface area contributed by atoms with Crippen LogP contribution in [0.3, 0.4) is 0 Å². The summed E-state index contributed by atoms with van der Waals surface area (Å²) in [5, 5.41) is 15.7. The molecule has 0 radical (unpaired) electrons. The second-order valence-corrected chi connectivity index (χ2v) is 5.73. The van der Waals surface area contributed by atoms with Gasteiger partial charge in [-0.2, -0.15) is 5.10 Å². The number of nitrogens with one attached hydrogen (secondary N) is 2. The number of rotatable bonds is 3. The normalized spacial score (nSPS) is 26.8. The van der Waals surface area contributed by atoms with Crippen molar-refractivity contribution in [3.8, 4) is 0 Å². The molecule has 16 heavy (non-hydrogen) atoms. The van der Waals surface area contributed by atoms with E-state index in [4.69, 9.17) is 0 Å². The molecule has 1 aliphatic carbocycles. The molecule has 90 valence electrons. The number of aromatic nitrogens is 2. The van der Waals surface area contributed by atoms with Crippen LogP contribution in [0.5, 0.6) is 0 Å². The van der Waals surface area contributed by atoms with Crippen LogP contribution in [-0.2, 0) is 10.0 Å². The van der Waals surface area contributed by atoms with Gasteiger partial charge in [-0.15, -0.1) is 0 Å².